The molecule has 108 valence electrons. The Morgan fingerprint density at radius 1 is 1.20 bits per heavy atom. The molecule has 0 aliphatic rings. The smallest absolute Gasteiger partial charge is 0.191 e. The highest BCUT2D eigenvalue weighted by atomic mass is 35.5. The van der Waals surface area contributed by atoms with Gasteiger partial charge in [-0.25, -0.2) is 0 Å². The van der Waals surface area contributed by atoms with E-state index in [2.05, 4.69) is 48.3 Å². The van der Waals surface area contributed by atoms with Crippen LogP contribution in [0.2, 0.25) is 0 Å². The van der Waals surface area contributed by atoms with Crippen molar-refractivity contribution in [1.82, 2.24) is 14.8 Å². The summed E-state index contributed by atoms with van der Waals surface area (Å²) in [4.78, 5) is 0. The van der Waals surface area contributed by atoms with Crippen LogP contribution in [-0.2, 0) is 7.05 Å². The van der Waals surface area contributed by atoms with E-state index in [9.17, 15) is 0 Å². The molecule has 0 spiro atoms. The molecule has 0 radical (unpaired) electrons. The van der Waals surface area contributed by atoms with E-state index in [-0.39, 0.29) is 0 Å². The number of thioether (sulfide) groups is 1. The zero-order valence-electron chi connectivity index (χ0n) is 12.1. The number of nitrogens with zero attached hydrogens (tertiary/aromatic N) is 3. The molecule has 0 aliphatic heterocycles. The van der Waals surface area contributed by atoms with Gasteiger partial charge in [0.05, 0.1) is 0 Å². The molecule has 1 aromatic carbocycles. The van der Waals surface area contributed by atoms with Crippen LogP contribution >= 0.6 is 23.4 Å². The number of benzene rings is 1. The van der Waals surface area contributed by atoms with E-state index >= 15 is 0 Å². The van der Waals surface area contributed by atoms with Crippen LogP contribution in [0.25, 0.3) is 11.4 Å². The molecule has 1 aromatic heterocycles. The highest BCUT2D eigenvalue weighted by Gasteiger charge is 2.11. The van der Waals surface area contributed by atoms with Gasteiger partial charge in [0.15, 0.2) is 11.0 Å². The highest BCUT2D eigenvalue weighted by molar-refractivity contribution is 7.99. The zero-order valence-corrected chi connectivity index (χ0v) is 13.7. The van der Waals surface area contributed by atoms with E-state index in [0.29, 0.717) is 11.8 Å². The van der Waals surface area contributed by atoms with Crippen molar-refractivity contribution in [2.24, 2.45) is 7.05 Å². The predicted octanol–water partition coefficient (Wildman–Crippen LogP) is 4.33. The van der Waals surface area contributed by atoms with Gasteiger partial charge in [0.1, 0.15) is 0 Å². The summed E-state index contributed by atoms with van der Waals surface area (Å²) in [5.41, 5.74) is 2.45. The van der Waals surface area contributed by atoms with Gasteiger partial charge in [0, 0.05) is 24.2 Å². The minimum atomic E-state index is 0.546. The lowest BCUT2D eigenvalue weighted by atomic mass is 10.0. The van der Waals surface area contributed by atoms with Crippen LogP contribution in [0.5, 0.6) is 0 Å². The standard InChI is InChI=1S/C15H20ClN3S/c1-11(2)12-5-7-13(8-6-12)14-17-18-15(19(14)3)20-10-4-9-16/h5-8,11H,4,9-10H2,1-3H3. The van der Waals surface area contributed by atoms with E-state index < -0.39 is 0 Å². The van der Waals surface area contributed by atoms with Crippen LogP contribution in [0, 0.1) is 0 Å². The fraction of sp³-hybridized carbons (Fsp3) is 0.467. The molecule has 20 heavy (non-hydrogen) atoms. The Bertz CT molecular complexity index is 549. The first-order chi connectivity index (χ1) is 9.63. The second kappa shape index (κ2) is 7.14. The van der Waals surface area contributed by atoms with Crippen LogP contribution in [-0.4, -0.2) is 26.4 Å². The molecular weight excluding hydrogens is 290 g/mol. The average molecular weight is 310 g/mol. The molecule has 0 bridgehead atoms. The van der Waals surface area contributed by atoms with Gasteiger partial charge >= 0.3 is 0 Å². The molecule has 3 nitrogen and oxygen atoms in total. The van der Waals surface area contributed by atoms with Gasteiger partial charge in [0.2, 0.25) is 0 Å². The fourth-order valence-electron chi connectivity index (χ4n) is 1.93. The van der Waals surface area contributed by atoms with Crippen molar-refractivity contribution in [2.75, 3.05) is 11.6 Å². The number of hydrogen-bond donors (Lipinski definition) is 0. The Morgan fingerprint density at radius 2 is 1.90 bits per heavy atom. The van der Waals surface area contributed by atoms with Gasteiger partial charge in [-0.15, -0.1) is 21.8 Å². The van der Waals surface area contributed by atoms with Crippen molar-refractivity contribution in [2.45, 2.75) is 31.3 Å². The third-order valence-corrected chi connectivity index (χ3v) is 4.55. The summed E-state index contributed by atoms with van der Waals surface area (Å²) >= 11 is 7.39. The second-order valence-electron chi connectivity index (χ2n) is 5.03. The van der Waals surface area contributed by atoms with Crippen LogP contribution in [0.1, 0.15) is 31.7 Å². The molecule has 1 heterocycles. The molecule has 0 aliphatic carbocycles. The molecule has 2 aromatic rings. The lowest BCUT2D eigenvalue weighted by Gasteiger charge is -2.07. The summed E-state index contributed by atoms with van der Waals surface area (Å²) < 4.78 is 2.04. The van der Waals surface area contributed by atoms with Crippen LogP contribution < -0.4 is 0 Å². The minimum Gasteiger partial charge on any atom is -0.305 e. The molecule has 0 unspecified atom stereocenters. The van der Waals surface area contributed by atoms with Crippen molar-refractivity contribution < 1.29 is 0 Å². The zero-order chi connectivity index (χ0) is 14.5. The molecule has 0 atom stereocenters. The van der Waals surface area contributed by atoms with Crippen molar-refractivity contribution in [1.29, 1.82) is 0 Å². The van der Waals surface area contributed by atoms with E-state index in [1.54, 1.807) is 11.8 Å². The maximum Gasteiger partial charge on any atom is 0.191 e. The molecule has 2 rings (SSSR count). The summed E-state index contributed by atoms with van der Waals surface area (Å²) in [5.74, 6) is 3.12. The van der Waals surface area contributed by atoms with Crippen molar-refractivity contribution in [3.63, 3.8) is 0 Å². The first-order valence-corrected chi connectivity index (χ1v) is 8.34. The summed E-state index contributed by atoms with van der Waals surface area (Å²) in [7, 11) is 2.01. The summed E-state index contributed by atoms with van der Waals surface area (Å²) in [5, 5.41) is 9.50. The molecule has 0 amide bonds. The van der Waals surface area contributed by atoms with Gasteiger partial charge in [-0.2, -0.15) is 0 Å². The number of aromatic nitrogens is 3. The number of hydrogen-bond acceptors (Lipinski definition) is 3. The monoisotopic (exact) mass is 309 g/mol. The number of alkyl halides is 1. The van der Waals surface area contributed by atoms with Gasteiger partial charge in [-0.1, -0.05) is 49.9 Å². The second-order valence-corrected chi connectivity index (χ2v) is 6.47. The van der Waals surface area contributed by atoms with Gasteiger partial charge < -0.3 is 4.57 Å². The Kier molecular flexibility index (Phi) is 5.49. The SMILES string of the molecule is CC(C)c1ccc(-c2nnc(SCCCCl)n2C)cc1. The third kappa shape index (κ3) is 3.55. The topological polar surface area (TPSA) is 30.7 Å². The third-order valence-electron chi connectivity index (χ3n) is 3.18. The average Bonchev–Trinajstić information content (AvgIpc) is 2.81. The van der Waals surface area contributed by atoms with Crippen LogP contribution in [0.4, 0.5) is 0 Å². The van der Waals surface area contributed by atoms with E-state index in [0.717, 1.165) is 28.7 Å². The lowest BCUT2D eigenvalue weighted by Crippen LogP contribution is -1.96. The van der Waals surface area contributed by atoms with E-state index in [1.807, 2.05) is 11.6 Å². The molecular formula is C15H20ClN3S. The minimum absolute atomic E-state index is 0.546. The number of rotatable bonds is 6. The quantitative estimate of drug-likeness (QED) is 0.452. The van der Waals surface area contributed by atoms with Crippen molar-refractivity contribution in [3.05, 3.63) is 29.8 Å². The Balaban J connectivity index is 2.16. The fourth-order valence-corrected chi connectivity index (χ4v) is 3.07. The normalized spacial score (nSPS) is 11.2. The predicted molar refractivity (Wildman–Crippen MR) is 86.6 cm³/mol. The molecule has 0 saturated heterocycles. The first kappa shape index (κ1) is 15.4. The van der Waals surface area contributed by atoms with E-state index in [1.165, 1.54) is 5.56 Å². The number of halogens is 1. The Hall–Kier alpha value is -1.00. The van der Waals surface area contributed by atoms with Gasteiger partial charge in [-0.05, 0) is 17.9 Å². The maximum absolute atomic E-state index is 5.69. The Morgan fingerprint density at radius 3 is 2.50 bits per heavy atom. The van der Waals surface area contributed by atoms with Gasteiger partial charge in [-0.3, -0.25) is 0 Å². The van der Waals surface area contributed by atoms with Crippen LogP contribution in [0.15, 0.2) is 29.4 Å². The molecule has 5 heteroatoms. The summed E-state index contributed by atoms with van der Waals surface area (Å²) in [6, 6.07) is 8.56. The summed E-state index contributed by atoms with van der Waals surface area (Å²) in [6.07, 6.45) is 0.984. The van der Waals surface area contributed by atoms with Crippen LogP contribution in [0.3, 0.4) is 0 Å². The molecule has 0 N–H and O–H groups in total. The first-order valence-electron chi connectivity index (χ1n) is 6.82. The van der Waals surface area contributed by atoms with E-state index in [4.69, 9.17) is 11.6 Å². The highest BCUT2D eigenvalue weighted by Crippen LogP contribution is 2.24. The summed E-state index contributed by atoms with van der Waals surface area (Å²) in [6.45, 7) is 4.39. The van der Waals surface area contributed by atoms with Crippen molar-refractivity contribution in [3.8, 4) is 11.4 Å². The maximum atomic E-state index is 5.69. The molecule has 0 fully saturated rings. The van der Waals surface area contributed by atoms with Crippen molar-refractivity contribution >= 4 is 23.4 Å². The van der Waals surface area contributed by atoms with Gasteiger partial charge in [0.25, 0.3) is 0 Å². The molecule has 0 saturated carbocycles. The Labute approximate surface area is 129 Å². The lowest BCUT2D eigenvalue weighted by molar-refractivity contribution is 0.793. The largest absolute Gasteiger partial charge is 0.305 e.